The number of nitrogen functional groups attached to an aromatic ring is 2. The first-order valence-corrected chi connectivity index (χ1v) is 6.73. The zero-order valence-corrected chi connectivity index (χ0v) is 13.0. The second kappa shape index (κ2) is 4.86. The molecule has 2 nitrogen and oxygen atoms in total. The van der Waals surface area contributed by atoms with E-state index in [9.17, 15) is 0 Å². The van der Waals surface area contributed by atoms with Crippen LogP contribution < -0.4 is 11.5 Å². The zero-order valence-electron chi connectivity index (χ0n) is 8.42. The van der Waals surface area contributed by atoms with Crippen molar-refractivity contribution < 1.29 is 0 Å². The van der Waals surface area contributed by atoms with E-state index in [1.54, 1.807) is 0 Å². The molecule has 2 rings (SSSR count). The molecule has 0 unspecified atom stereocenters. The van der Waals surface area contributed by atoms with Crippen LogP contribution in [0.5, 0.6) is 0 Å². The van der Waals surface area contributed by atoms with E-state index < -0.39 is 0 Å². The van der Waals surface area contributed by atoms with E-state index >= 15 is 0 Å². The number of anilines is 2. The molecular weight excluding hydrogens is 361 g/mol. The van der Waals surface area contributed by atoms with Gasteiger partial charge in [-0.05, 0) is 0 Å². The molecule has 0 heterocycles. The Hall–Kier alpha value is 0.0400. The molecule has 0 amide bonds. The van der Waals surface area contributed by atoms with Crippen LogP contribution in [0.3, 0.4) is 0 Å². The van der Waals surface area contributed by atoms with Gasteiger partial charge in [0.15, 0.2) is 0 Å². The second-order valence-corrected chi connectivity index (χ2v) is 5.73. The molecule has 18 heavy (non-hydrogen) atoms. The van der Waals surface area contributed by atoms with Gasteiger partial charge in [0.2, 0.25) is 0 Å². The standard InChI is InChI=1S/C10H4Cl6N2/c11-3-1-2(10(18)8(16)5(3)13)4(12)6(14)7(15)9(1)17/h17-18H2. The van der Waals surface area contributed by atoms with E-state index in [0.29, 0.717) is 10.8 Å². The maximum atomic E-state index is 6.09. The fourth-order valence-electron chi connectivity index (χ4n) is 1.59. The van der Waals surface area contributed by atoms with Gasteiger partial charge in [-0.25, -0.2) is 0 Å². The first kappa shape index (κ1) is 14.4. The van der Waals surface area contributed by atoms with E-state index in [0.717, 1.165) is 0 Å². The Morgan fingerprint density at radius 3 is 1.00 bits per heavy atom. The molecule has 8 heteroatoms. The van der Waals surface area contributed by atoms with Gasteiger partial charge in [0, 0.05) is 10.8 Å². The van der Waals surface area contributed by atoms with Crippen molar-refractivity contribution in [1.29, 1.82) is 0 Å². The number of rotatable bonds is 0. The summed E-state index contributed by atoms with van der Waals surface area (Å²) < 4.78 is 0. The Bertz CT molecular complexity index is 569. The molecule has 2 aromatic rings. The smallest absolute Gasteiger partial charge is 0.0843 e. The third kappa shape index (κ3) is 1.87. The summed E-state index contributed by atoms with van der Waals surface area (Å²) in [6, 6.07) is 0. The largest absolute Gasteiger partial charge is 0.397 e. The number of hydrogen-bond acceptors (Lipinski definition) is 2. The van der Waals surface area contributed by atoms with Crippen molar-refractivity contribution in [3.8, 4) is 0 Å². The Labute approximate surface area is 133 Å². The number of hydrogen-bond donors (Lipinski definition) is 2. The SMILES string of the molecule is Nc1c(Cl)c(Cl)c(Cl)c2c(N)c(Cl)c(Cl)c(Cl)c12. The van der Waals surface area contributed by atoms with Crippen molar-refractivity contribution in [2.75, 3.05) is 11.5 Å². The molecule has 0 aliphatic rings. The van der Waals surface area contributed by atoms with E-state index in [4.69, 9.17) is 81.1 Å². The molecule has 0 saturated carbocycles. The third-order valence-electron chi connectivity index (χ3n) is 2.47. The number of halogens is 6. The fraction of sp³-hybridized carbons (Fsp3) is 0. The number of fused-ring (bicyclic) bond motifs is 1. The summed E-state index contributed by atoms with van der Waals surface area (Å²) in [5.74, 6) is 0. The van der Waals surface area contributed by atoms with Crippen LogP contribution >= 0.6 is 69.6 Å². The van der Waals surface area contributed by atoms with Crippen LogP contribution in [0.15, 0.2) is 0 Å². The zero-order chi connectivity index (χ0) is 13.8. The fourth-order valence-corrected chi connectivity index (χ4v) is 3.04. The molecule has 2 aromatic carbocycles. The van der Waals surface area contributed by atoms with E-state index in [2.05, 4.69) is 0 Å². The highest BCUT2D eigenvalue weighted by Crippen LogP contribution is 2.51. The van der Waals surface area contributed by atoms with Gasteiger partial charge in [-0.2, -0.15) is 0 Å². The Morgan fingerprint density at radius 2 is 0.722 bits per heavy atom. The third-order valence-corrected chi connectivity index (χ3v) is 5.16. The van der Waals surface area contributed by atoms with Gasteiger partial charge < -0.3 is 11.5 Å². The molecule has 0 fully saturated rings. The minimum Gasteiger partial charge on any atom is -0.397 e. The maximum absolute atomic E-state index is 6.09. The van der Waals surface area contributed by atoms with Gasteiger partial charge in [0.05, 0.1) is 41.5 Å². The molecule has 96 valence electrons. The Balaban J connectivity index is 3.22. The predicted octanol–water partition coefficient (Wildman–Crippen LogP) is 5.92. The van der Waals surface area contributed by atoms with Crippen molar-refractivity contribution in [1.82, 2.24) is 0 Å². The summed E-state index contributed by atoms with van der Waals surface area (Å²) >= 11 is 36.0. The van der Waals surface area contributed by atoms with Crippen LogP contribution in [0.25, 0.3) is 10.8 Å². The van der Waals surface area contributed by atoms with Crippen molar-refractivity contribution in [3.63, 3.8) is 0 Å². The van der Waals surface area contributed by atoms with Crippen LogP contribution in [-0.4, -0.2) is 0 Å². The quantitative estimate of drug-likeness (QED) is 0.450. The molecule has 0 bridgehead atoms. The van der Waals surface area contributed by atoms with Crippen LogP contribution in [0.4, 0.5) is 11.4 Å². The lowest BCUT2D eigenvalue weighted by molar-refractivity contribution is 1.70. The van der Waals surface area contributed by atoms with Crippen molar-refractivity contribution in [2.45, 2.75) is 0 Å². The van der Waals surface area contributed by atoms with Crippen LogP contribution in [0.2, 0.25) is 30.1 Å². The molecule has 0 aliphatic heterocycles. The van der Waals surface area contributed by atoms with Gasteiger partial charge in [0.1, 0.15) is 0 Å². The topological polar surface area (TPSA) is 52.0 Å². The number of benzene rings is 2. The molecule has 4 N–H and O–H groups in total. The first-order valence-electron chi connectivity index (χ1n) is 4.46. The van der Waals surface area contributed by atoms with Crippen molar-refractivity contribution in [3.05, 3.63) is 30.1 Å². The van der Waals surface area contributed by atoms with E-state index in [-0.39, 0.29) is 41.5 Å². The second-order valence-electron chi connectivity index (χ2n) is 3.46. The average molecular weight is 365 g/mol. The molecule has 0 saturated heterocycles. The minimum atomic E-state index is 0.0875. The molecule has 0 radical (unpaired) electrons. The molecule has 0 aromatic heterocycles. The molecule has 0 atom stereocenters. The van der Waals surface area contributed by atoms with Gasteiger partial charge in [-0.1, -0.05) is 69.6 Å². The van der Waals surface area contributed by atoms with Gasteiger partial charge in [-0.15, -0.1) is 0 Å². The summed E-state index contributed by atoms with van der Waals surface area (Å²) in [5, 5.41) is 1.29. The van der Waals surface area contributed by atoms with Crippen molar-refractivity contribution in [2.24, 2.45) is 0 Å². The average Bonchev–Trinajstić information content (AvgIpc) is 2.35. The van der Waals surface area contributed by atoms with Gasteiger partial charge in [-0.3, -0.25) is 0 Å². The van der Waals surface area contributed by atoms with Crippen LogP contribution in [-0.2, 0) is 0 Å². The monoisotopic (exact) mass is 362 g/mol. The van der Waals surface area contributed by atoms with E-state index in [1.807, 2.05) is 0 Å². The summed E-state index contributed by atoms with van der Waals surface area (Å²) in [6.07, 6.45) is 0. The summed E-state index contributed by atoms with van der Waals surface area (Å²) in [6.45, 7) is 0. The maximum Gasteiger partial charge on any atom is 0.0843 e. The van der Waals surface area contributed by atoms with Gasteiger partial charge >= 0.3 is 0 Å². The highest BCUT2D eigenvalue weighted by Gasteiger charge is 2.22. The van der Waals surface area contributed by atoms with Gasteiger partial charge in [0.25, 0.3) is 0 Å². The van der Waals surface area contributed by atoms with Crippen LogP contribution in [0.1, 0.15) is 0 Å². The summed E-state index contributed by atoms with van der Waals surface area (Å²) in [5.41, 5.74) is 12.0. The van der Waals surface area contributed by atoms with Crippen molar-refractivity contribution >= 4 is 91.8 Å². The highest BCUT2D eigenvalue weighted by atomic mass is 35.5. The molecule has 0 spiro atoms. The lowest BCUT2D eigenvalue weighted by Crippen LogP contribution is -1.97. The molecule has 0 aliphatic carbocycles. The normalized spacial score (nSPS) is 11.2. The Kier molecular flexibility index (Phi) is 3.90. The summed E-state index contributed by atoms with van der Waals surface area (Å²) in [4.78, 5) is 0. The lowest BCUT2D eigenvalue weighted by atomic mass is 10.1. The predicted molar refractivity (Wildman–Crippen MR) is 82.8 cm³/mol. The lowest BCUT2D eigenvalue weighted by Gasteiger charge is -2.15. The van der Waals surface area contributed by atoms with E-state index in [1.165, 1.54) is 0 Å². The molecular formula is C10H4Cl6N2. The number of nitrogens with two attached hydrogens (primary N) is 2. The first-order chi connectivity index (χ1) is 8.29. The summed E-state index contributed by atoms with van der Waals surface area (Å²) in [7, 11) is 0. The highest BCUT2D eigenvalue weighted by molar-refractivity contribution is 6.57. The Morgan fingerprint density at radius 1 is 0.444 bits per heavy atom. The minimum absolute atomic E-state index is 0.0875. The van der Waals surface area contributed by atoms with Crippen LogP contribution in [0, 0.1) is 0 Å².